The Bertz CT molecular complexity index is 1170. The molecule has 1 aliphatic heterocycles. The standard InChI is InChI=1S/C21H19Cl2N7.C2H6/c22-15-1-2-16(23)14(11-15)13-29-7-9-30(10-8-29)21-19(20-25-5-6-26-20)27-18-12-24-4-3-17(18)28-21;1-2/h1-6,11-12H,7-10,13H2,(H,25,26);1-2H3. The Balaban J connectivity index is 0.00000119. The van der Waals surface area contributed by atoms with E-state index in [-0.39, 0.29) is 0 Å². The predicted molar refractivity (Wildman–Crippen MR) is 130 cm³/mol. The zero-order valence-corrected chi connectivity index (χ0v) is 19.6. The van der Waals surface area contributed by atoms with Gasteiger partial charge in [0.05, 0.1) is 11.7 Å². The number of aromatic amines is 1. The number of fused-ring (bicyclic) bond motifs is 1. The van der Waals surface area contributed by atoms with Crippen molar-refractivity contribution >= 4 is 40.1 Å². The van der Waals surface area contributed by atoms with Crippen LogP contribution in [-0.2, 0) is 6.54 Å². The number of halogens is 2. The van der Waals surface area contributed by atoms with E-state index in [1.54, 1.807) is 24.8 Å². The van der Waals surface area contributed by atoms with Crippen LogP contribution in [0.15, 0.2) is 49.1 Å². The SMILES string of the molecule is CC.Clc1ccc(Cl)c(CN2CCN(c3nc4ccncc4nc3-c3ncc[nH]3)CC2)c1. The van der Waals surface area contributed by atoms with E-state index in [2.05, 4.69) is 24.8 Å². The molecule has 32 heavy (non-hydrogen) atoms. The lowest BCUT2D eigenvalue weighted by molar-refractivity contribution is 0.249. The molecule has 166 valence electrons. The number of anilines is 1. The summed E-state index contributed by atoms with van der Waals surface area (Å²) in [5.74, 6) is 1.54. The summed E-state index contributed by atoms with van der Waals surface area (Å²) in [6.45, 7) is 8.20. The number of H-pyrrole nitrogens is 1. The molecule has 1 aromatic carbocycles. The molecule has 1 fully saturated rings. The van der Waals surface area contributed by atoms with Gasteiger partial charge in [-0.05, 0) is 29.8 Å². The minimum atomic E-state index is 0.705. The first-order valence-corrected chi connectivity index (χ1v) is 11.5. The van der Waals surface area contributed by atoms with Crippen molar-refractivity contribution in [3.63, 3.8) is 0 Å². The van der Waals surface area contributed by atoms with Crippen LogP contribution in [0.2, 0.25) is 10.0 Å². The van der Waals surface area contributed by atoms with E-state index in [1.165, 1.54) is 0 Å². The van der Waals surface area contributed by atoms with Crippen LogP contribution < -0.4 is 4.90 Å². The minimum Gasteiger partial charge on any atom is -0.352 e. The molecule has 4 heterocycles. The summed E-state index contributed by atoms with van der Waals surface area (Å²) in [7, 11) is 0. The first-order chi connectivity index (χ1) is 15.7. The summed E-state index contributed by atoms with van der Waals surface area (Å²) in [6.07, 6.45) is 6.98. The van der Waals surface area contributed by atoms with Gasteiger partial charge < -0.3 is 9.88 Å². The average molecular weight is 470 g/mol. The molecule has 0 unspecified atom stereocenters. The summed E-state index contributed by atoms with van der Waals surface area (Å²) in [5, 5.41) is 1.45. The molecular weight excluding hydrogens is 445 g/mol. The lowest BCUT2D eigenvalue weighted by Gasteiger charge is -2.36. The fourth-order valence-electron chi connectivity index (χ4n) is 3.69. The number of aromatic nitrogens is 5. The summed E-state index contributed by atoms with van der Waals surface area (Å²) >= 11 is 12.5. The number of benzene rings is 1. The Morgan fingerprint density at radius 2 is 1.78 bits per heavy atom. The Morgan fingerprint density at radius 1 is 0.969 bits per heavy atom. The third kappa shape index (κ3) is 4.85. The molecule has 0 atom stereocenters. The van der Waals surface area contributed by atoms with E-state index in [4.69, 9.17) is 33.2 Å². The topological polar surface area (TPSA) is 73.8 Å². The zero-order chi connectivity index (χ0) is 22.5. The third-order valence-corrected chi connectivity index (χ3v) is 5.85. The van der Waals surface area contributed by atoms with E-state index in [1.807, 2.05) is 38.1 Å². The highest BCUT2D eigenvalue weighted by atomic mass is 35.5. The Kier molecular flexibility index (Phi) is 7.19. The fourth-order valence-corrected chi connectivity index (χ4v) is 4.07. The number of piperazine rings is 1. The predicted octanol–water partition coefficient (Wildman–Crippen LogP) is 5.07. The van der Waals surface area contributed by atoms with Gasteiger partial charge in [-0.25, -0.2) is 15.0 Å². The maximum Gasteiger partial charge on any atom is 0.159 e. The molecule has 9 heteroatoms. The van der Waals surface area contributed by atoms with Crippen molar-refractivity contribution in [3.8, 4) is 11.5 Å². The van der Waals surface area contributed by atoms with Crippen LogP contribution in [0.4, 0.5) is 5.82 Å². The molecule has 0 radical (unpaired) electrons. The lowest BCUT2D eigenvalue weighted by atomic mass is 10.2. The smallest absolute Gasteiger partial charge is 0.159 e. The summed E-state index contributed by atoms with van der Waals surface area (Å²) in [6, 6.07) is 7.49. The van der Waals surface area contributed by atoms with E-state index < -0.39 is 0 Å². The average Bonchev–Trinajstić information content (AvgIpc) is 3.37. The molecule has 4 aromatic rings. The van der Waals surface area contributed by atoms with Crippen molar-refractivity contribution in [1.29, 1.82) is 0 Å². The second-order valence-electron chi connectivity index (χ2n) is 7.20. The van der Waals surface area contributed by atoms with Crippen molar-refractivity contribution in [2.75, 3.05) is 31.1 Å². The highest BCUT2D eigenvalue weighted by molar-refractivity contribution is 6.33. The molecule has 0 amide bonds. The number of nitrogens with one attached hydrogen (secondary N) is 1. The molecule has 1 aliphatic rings. The monoisotopic (exact) mass is 469 g/mol. The van der Waals surface area contributed by atoms with Gasteiger partial charge in [-0.2, -0.15) is 0 Å². The van der Waals surface area contributed by atoms with E-state index in [0.717, 1.165) is 65.9 Å². The maximum atomic E-state index is 6.34. The van der Waals surface area contributed by atoms with E-state index in [9.17, 15) is 0 Å². The fraction of sp³-hybridized carbons (Fsp3) is 0.304. The molecule has 1 saturated heterocycles. The minimum absolute atomic E-state index is 0.705. The molecule has 1 N–H and O–H groups in total. The van der Waals surface area contributed by atoms with E-state index in [0.29, 0.717) is 10.8 Å². The van der Waals surface area contributed by atoms with E-state index >= 15 is 0 Å². The number of rotatable bonds is 4. The van der Waals surface area contributed by atoms with Crippen LogP contribution in [-0.4, -0.2) is 56.0 Å². The van der Waals surface area contributed by atoms with Gasteiger partial charge >= 0.3 is 0 Å². The van der Waals surface area contributed by atoms with Crippen molar-refractivity contribution in [1.82, 2.24) is 29.8 Å². The van der Waals surface area contributed by atoms with Gasteiger partial charge in [0.2, 0.25) is 0 Å². The van der Waals surface area contributed by atoms with Crippen molar-refractivity contribution < 1.29 is 0 Å². The second kappa shape index (κ2) is 10.3. The number of nitrogens with zero attached hydrogens (tertiary/aromatic N) is 6. The molecule has 0 saturated carbocycles. The Hall–Kier alpha value is -2.74. The summed E-state index contributed by atoms with van der Waals surface area (Å²) < 4.78 is 0. The first kappa shape index (κ1) is 22.5. The molecule has 0 spiro atoms. The van der Waals surface area contributed by atoms with Crippen LogP contribution in [0.5, 0.6) is 0 Å². The van der Waals surface area contributed by atoms with Gasteiger partial charge in [-0.15, -0.1) is 0 Å². The Morgan fingerprint density at radius 3 is 2.53 bits per heavy atom. The van der Waals surface area contributed by atoms with Gasteiger partial charge in [0.25, 0.3) is 0 Å². The van der Waals surface area contributed by atoms with Crippen LogP contribution in [0, 0.1) is 0 Å². The van der Waals surface area contributed by atoms with Gasteiger partial charge in [0.15, 0.2) is 11.6 Å². The van der Waals surface area contributed by atoms with Crippen LogP contribution in [0.1, 0.15) is 19.4 Å². The van der Waals surface area contributed by atoms with Crippen molar-refractivity contribution in [3.05, 3.63) is 64.7 Å². The Labute approximate surface area is 197 Å². The zero-order valence-electron chi connectivity index (χ0n) is 18.1. The maximum absolute atomic E-state index is 6.34. The highest BCUT2D eigenvalue weighted by Gasteiger charge is 2.24. The third-order valence-electron chi connectivity index (χ3n) is 5.24. The summed E-state index contributed by atoms with van der Waals surface area (Å²) in [4.78, 5) is 26.0. The summed E-state index contributed by atoms with van der Waals surface area (Å²) in [5.41, 5.74) is 3.36. The quantitative estimate of drug-likeness (QED) is 0.449. The van der Waals surface area contributed by atoms with Crippen molar-refractivity contribution in [2.45, 2.75) is 20.4 Å². The molecule has 5 rings (SSSR count). The first-order valence-electron chi connectivity index (χ1n) is 10.7. The largest absolute Gasteiger partial charge is 0.352 e. The molecule has 0 aliphatic carbocycles. The number of hydrogen-bond donors (Lipinski definition) is 1. The molecule has 3 aromatic heterocycles. The number of hydrogen-bond acceptors (Lipinski definition) is 6. The van der Waals surface area contributed by atoms with Crippen LogP contribution >= 0.6 is 23.2 Å². The molecule has 7 nitrogen and oxygen atoms in total. The second-order valence-corrected chi connectivity index (χ2v) is 8.04. The molecule has 0 bridgehead atoms. The highest BCUT2D eigenvalue weighted by Crippen LogP contribution is 2.29. The molecular formula is C23H25Cl2N7. The van der Waals surface area contributed by atoms with Gasteiger partial charge in [-0.3, -0.25) is 9.88 Å². The number of pyridine rings is 1. The van der Waals surface area contributed by atoms with Crippen LogP contribution in [0.3, 0.4) is 0 Å². The number of imidazole rings is 1. The van der Waals surface area contributed by atoms with Crippen LogP contribution in [0.25, 0.3) is 22.6 Å². The normalized spacial score (nSPS) is 14.3. The van der Waals surface area contributed by atoms with Gasteiger partial charge in [-0.1, -0.05) is 37.0 Å². The lowest BCUT2D eigenvalue weighted by Crippen LogP contribution is -2.46. The van der Waals surface area contributed by atoms with Gasteiger partial charge in [0.1, 0.15) is 11.2 Å². The van der Waals surface area contributed by atoms with Gasteiger partial charge in [0, 0.05) is 61.4 Å². The van der Waals surface area contributed by atoms with Crippen molar-refractivity contribution in [2.24, 2.45) is 0 Å².